The van der Waals surface area contributed by atoms with Crippen molar-refractivity contribution in [3.8, 4) is 0 Å². The van der Waals surface area contributed by atoms with Gasteiger partial charge in [-0.2, -0.15) is 0 Å². The summed E-state index contributed by atoms with van der Waals surface area (Å²) in [5, 5.41) is 7.65. The summed E-state index contributed by atoms with van der Waals surface area (Å²) in [6, 6.07) is 9.70. The van der Waals surface area contributed by atoms with E-state index in [1.807, 2.05) is 30.3 Å². The van der Waals surface area contributed by atoms with Gasteiger partial charge in [0.05, 0.1) is 6.61 Å². The molecule has 0 fully saturated rings. The van der Waals surface area contributed by atoms with Gasteiger partial charge in [-0.25, -0.2) is 0 Å². The number of benzene rings is 1. The van der Waals surface area contributed by atoms with Crippen LogP contribution >= 0.6 is 11.6 Å². The van der Waals surface area contributed by atoms with E-state index in [-0.39, 0.29) is 51.4 Å². The molecule has 1 rings (SSSR count). The van der Waals surface area contributed by atoms with Crippen LogP contribution in [-0.2, 0) is 16.1 Å². The molecule has 0 aliphatic carbocycles. The quantitative estimate of drug-likeness (QED) is 0.485. The van der Waals surface area contributed by atoms with Crippen LogP contribution in [0.1, 0.15) is 12.0 Å². The fourth-order valence-corrected chi connectivity index (χ4v) is 1.16. The third-order valence-electron chi connectivity index (χ3n) is 1.90. The summed E-state index contributed by atoms with van der Waals surface area (Å²) in [5.41, 5.74) is 1.07. The Morgan fingerprint density at radius 2 is 2.00 bits per heavy atom. The van der Waals surface area contributed by atoms with E-state index in [9.17, 15) is 4.79 Å². The van der Waals surface area contributed by atoms with E-state index in [1.165, 1.54) is 0 Å². The average Bonchev–Trinajstić information content (AvgIpc) is 2.25. The van der Waals surface area contributed by atoms with Gasteiger partial charge in [-0.15, -0.1) is 11.6 Å². The van der Waals surface area contributed by atoms with Crippen molar-refractivity contribution in [3.05, 3.63) is 35.9 Å². The standard InChI is InChI=1S/C11H13ClO3.K.H/c12-10(11(13)14)6-7-15-8-9-4-2-1-3-5-9;;/h1-5,10H,6-8H2,(H,13,14);;. The van der Waals surface area contributed by atoms with E-state index in [2.05, 4.69) is 0 Å². The number of hydrogen-bond donors (Lipinski definition) is 1. The van der Waals surface area contributed by atoms with Crippen LogP contribution in [0.15, 0.2) is 30.3 Å². The normalized spacial score (nSPS) is 11.6. The van der Waals surface area contributed by atoms with Crippen molar-refractivity contribution in [1.29, 1.82) is 0 Å². The van der Waals surface area contributed by atoms with Gasteiger partial charge in [-0.3, -0.25) is 4.79 Å². The molecule has 0 aromatic heterocycles. The SMILES string of the molecule is O=C(O)C(Cl)CCOCc1ccccc1.[KH]. The van der Waals surface area contributed by atoms with Crippen LogP contribution < -0.4 is 0 Å². The third kappa shape index (κ3) is 7.01. The molecule has 1 unspecified atom stereocenters. The zero-order valence-corrected chi connectivity index (χ0v) is 8.98. The molecule has 1 N–H and O–H groups in total. The first-order chi connectivity index (χ1) is 7.20. The molecule has 3 nitrogen and oxygen atoms in total. The Morgan fingerprint density at radius 1 is 1.38 bits per heavy atom. The van der Waals surface area contributed by atoms with Gasteiger partial charge in [-0.1, -0.05) is 30.3 Å². The summed E-state index contributed by atoms with van der Waals surface area (Å²) in [6.45, 7) is 0.847. The molecule has 0 bridgehead atoms. The van der Waals surface area contributed by atoms with Crippen LogP contribution in [0.3, 0.4) is 0 Å². The summed E-state index contributed by atoms with van der Waals surface area (Å²) in [5.74, 6) is -1.00. The molecular formula is C11H14ClKO3. The van der Waals surface area contributed by atoms with Crippen molar-refractivity contribution in [2.45, 2.75) is 18.4 Å². The number of alkyl halides is 1. The number of ether oxygens (including phenoxy) is 1. The molecule has 1 aromatic rings. The van der Waals surface area contributed by atoms with Crippen molar-refractivity contribution < 1.29 is 14.6 Å². The molecule has 0 aliphatic heterocycles. The second-order valence-electron chi connectivity index (χ2n) is 3.13. The Kier molecular flexibility index (Phi) is 9.94. The number of hydrogen-bond acceptors (Lipinski definition) is 2. The Morgan fingerprint density at radius 3 is 2.56 bits per heavy atom. The first-order valence-electron chi connectivity index (χ1n) is 4.68. The van der Waals surface area contributed by atoms with Crippen molar-refractivity contribution in [1.82, 2.24) is 0 Å². The predicted molar refractivity (Wildman–Crippen MR) is 65.1 cm³/mol. The Bertz CT molecular complexity index is 305. The van der Waals surface area contributed by atoms with Gasteiger partial charge in [0.2, 0.25) is 0 Å². The zero-order valence-electron chi connectivity index (χ0n) is 8.23. The van der Waals surface area contributed by atoms with E-state index >= 15 is 0 Å². The molecule has 84 valence electrons. The van der Waals surface area contributed by atoms with Crippen molar-refractivity contribution in [2.75, 3.05) is 6.61 Å². The number of aliphatic carboxylic acids is 1. The third-order valence-corrected chi connectivity index (χ3v) is 2.30. The molecule has 0 saturated heterocycles. The van der Waals surface area contributed by atoms with Crippen molar-refractivity contribution in [3.63, 3.8) is 0 Å². The van der Waals surface area contributed by atoms with Crippen LogP contribution in [0.2, 0.25) is 0 Å². The first kappa shape index (κ1) is 16.6. The molecule has 0 heterocycles. The van der Waals surface area contributed by atoms with Crippen molar-refractivity contribution >= 4 is 69.0 Å². The van der Waals surface area contributed by atoms with Crippen LogP contribution in [0.25, 0.3) is 0 Å². The minimum absolute atomic E-state index is 0. The van der Waals surface area contributed by atoms with Gasteiger partial charge in [0.15, 0.2) is 0 Å². The molecule has 1 atom stereocenters. The van der Waals surface area contributed by atoms with Gasteiger partial charge in [0.25, 0.3) is 0 Å². The van der Waals surface area contributed by atoms with Crippen molar-refractivity contribution in [2.24, 2.45) is 0 Å². The van der Waals surface area contributed by atoms with Gasteiger partial charge in [0.1, 0.15) is 5.38 Å². The van der Waals surface area contributed by atoms with Gasteiger partial charge >= 0.3 is 57.4 Å². The summed E-state index contributed by atoms with van der Waals surface area (Å²) < 4.78 is 5.29. The van der Waals surface area contributed by atoms with Gasteiger partial charge in [0, 0.05) is 6.61 Å². The van der Waals surface area contributed by atoms with Crippen LogP contribution in [0.4, 0.5) is 0 Å². The Balaban J connectivity index is 0.00000225. The maximum atomic E-state index is 10.4. The molecule has 0 aliphatic rings. The molecular weight excluding hydrogens is 255 g/mol. The molecule has 16 heavy (non-hydrogen) atoms. The van der Waals surface area contributed by atoms with E-state index in [0.717, 1.165) is 5.56 Å². The number of halogens is 1. The van der Waals surface area contributed by atoms with Gasteiger partial charge in [-0.05, 0) is 12.0 Å². The number of carboxylic acids is 1. The van der Waals surface area contributed by atoms with E-state index < -0.39 is 11.3 Å². The predicted octanol–water partition coefficient (Wildman–Crippen LogP) is 1.64. The second kappa shape index (κ2) is 9.59. The topological polar surface area (TPSA) is 46.5 Å². The summed E-state index contributed by atoms with van der Waals surface area (Å²) >= 11 is 5.52. The molecule has 0 spiro atoms. The number of rotatable bonds is 6. The van der Waals surface area contributed by atoms with Gasteiger partial charge < -0.3 is 9.84 Å². The van der Waals surface area contributed by atoms with Crippen LogP contribution in [-0.4, -0.2) is 74.4 Å². The molecule has 0 radical (unpaired) electrons. The van der Waals surface area contributed by atoms with E-state index in [1.54, 1.807) is 0 Å². The Labute approximate surface area is 143 Å². The zero-order chi connectivity index (χ0) is 11.1. The molecule has 0 amide bonds. The first-order valence-corrected chi connectivity index (χ1v) is 5.12. The maximum absolute atomic E-state index is 10.4. The number of carbonyl (C=O) groups is 1. The summed E-state index contributed by atoms with van der Waals surface area (Å²) in [6.07, 6.45) is 0.323. The van der Waals surface area contributed by atoms with E-state index in [0.29, 0.717) is 19.6 Å². The van der Waals surface area contributed by atoms with Crippen LogP contribution in [0.5, 0.6) is 0 Å². The Hall–Kier alpha value is 0.576. The average molecular weight is 269 g/mol. The minimum atomic E-state index is -1.00. The number of carboxylic acid groups (broad SMARTS) is 1. The fraction of sp³-hybridized carbons (Fsp3) is 0.364. The second-order valence-corrected chi connectivity index (χ2v) is 3.66. The summed E-state index contributed by atoms with van der Waals surface area (Å²) in [7, 11) is 0. The fourth-order valence-electron chi connectivity index (χ4n) is 1.07. The monoisotopic (exact) mass is 268 g/mol. The molecule has 0 saturated carbocycles. The summed E-state index contributed by atoms with van der Waals surface area (Å²) in [4.78, 5) is 10.4. The van der Waals surface area contributed by atoms with Crippen LogP contribution in [0, 0.1) is 0 Å². The van der Waals surface area contributed by atoms with E-state index in [4.69, 9.17) is 21.4 Å². The molecule has 1 aromatic carbocycles. The molecule has 5 heteroatoms.